The molecule has 0 spiro atoms. The van der Waals surface area contributed by atoms with Crippen molar-refractivity contribution in [1.82, 2.24) is 29.1 Å². The first kappa shape index (κ1) is 27.2. The lowest BCUT2D eigenvalue weighted by Gasteiger charge is -2.36. The first-order valence-electron chi connectivity index (χ1n) is 12.7. The SMILES string of the molecule is C=CC(=O)N1CCCC(N(C=O)/C=C(/C)c2ncc(C34CC3C4)n2C)C1.CC.COc1ccn(C)n1. The number of carbonyl (C=O) groups excluding carboxylic acids is 2. The average molecular weight is 497 g/mol. The van der Waals surface area contributed by atoms with Crippen molar-refractivity contribution in [3.05, 3.63) is 48.8 Å². The van der Waals surface area contributed by atoms with Gasteiger partial charge in [0.1, 0.15) is 5.82 Å². The van der Waals surface area contributed by atoms with Crippen LogP contribution in [0.25, 0.3) is 5.57 Å². The second kappa shape index (κ2) is 11.6. The van der Waals surface area contributed by atoms with Crippen molar-refractivity contribution in [3.8, 4) is 5.88 Å². The lowest BCUT2D eigenvalue weighted by Crippen LogP contribution is -2.47. The van der Waals surface area contributed by atoms with E-state index in [4.69, 9.17) is 4.74 Å². The van der Waals surface area contributed by atoms with Gasteiger partial charge in [0.2, 0.25) is 18.2 Å². The number of hydrogen-bond acceptors (Lipinski definition) is 5. The molecule has 3 fully saturated rings. The van der Waals surface area contributed by atoms with Crippen LogP contribution in [0.4, 0.5) is 0 Å². The van der Waals surface area contributed by atoms with E-state index < -0.39 is 0 Å². The monoisotopic (exact) mass is 496 g/mol. The summed E-state index contributed by atoms with van der Waals surface area (Å²) in [4.78, 5) is 31.7. The molecular formula is C27H40N6O3. The van der Waals surface area contributed by atoms with Gasteiger partial charge in [-0.15, -0.1) is 5.10 Å². The van der Waals surface area contributed by atoms with Crippen molar-refractivity contribution >= 4 is 17.9 Å². The minimum atomic E-state index is -0.0716. The molecule has 2 aliphatic carbocycles. The number of fused-ring (bicyclic) bond motifs is 1. The Balaban J connectivity index is 0.000000305. The van der Waals surface area contributed by atoms with Gasteiger partial charge in [-0.1, -0.05) is 20.4 Å². The average Bonchev–Trinajstić information content (AvgIpc) is 3.67. The second-order valence-corrected chi connectivity index (χ2v) is 9.47. The Morgan fingerprint density at radius 3 is 2.50 bits per heavy atom. The molecule has 1 atom stereocenters. The zero-order chi connectivity index (χ0) is 26.5. The van der Waals surface area contributed by atoms with Gasteiger partial charge < -0.3 is 19.1 Å². The molecule has 3 heterocycles. The van der Waals surface area contributed by atoms with Crippen LogP contribution in [0, 0.1) is 5.92 Å². The number of nitrogens with zero attached hydrogens (tertiary/aromatic N) is 6. The Kier molecular flexibility index (Phi) is 8.76. The summed E-state index contributed by atoms with van der Waals surface area (Å²) in [6.07, 6.45) is 12.3. The van der Waals surface area contributed by atoms with E-state index in [0.29, 0.717) is 17.8 Å². The fraction of sp³-hybridized carbons (Fsp3) is 0.556. The van der Waals surface area contributed by atoms with Crippen LogP contribution in [-0.2, 0) is 29.1 Å². The van der Waals surface area contributed by atoms with Crippen molar-refractivity contribution in [2.75, 3.05) is 20.2 Å². The van der Waals surface area contributed by atoms with Crippen molar-refractivity contribution in [2.24, 2.45) is 20.0 Å². The Labute approximate surface area is 214 Å². The summed E-state index contributed by atoms with van der Waals surface area (Å²) < 4.78 is 8.67. The van der Waals surface area contributed by atoms with Crippen LogP contribution in [0.15, 0.2) is 37.3 Å². The number of ether oxygens (including phenoxy) is 1. The Morgan fingerprint density at radius 1 is 1.31 bits per heavy atom. The van der Waals surface area contributed by atoms with Crippen molar-refractivity contribution in [3.63, 3.8) is 0 Å². The van der Waals surface area contributed by atoms with Gasteiger partial charge in [0.15, 0.2) is 0 Å². The normalized spacial score (nSPS) is 23.7. The number of aromatic nitrogens is 4. The number of methoxy groups -OCH3 is 1. The summed E-state index contributed by atoms with van der Waals surface area (Å²) in [6.45, 7) is 10.8. The maximum absolute atomic E-state index is 11.9. The summed E-state index contributed by atoms with van der Waals surface area (Å²) >= 11 is 0. The van der Waals surface area contributed by atoms with E-state index in [-0.39, 0.29) is 11.9 Å². The summed E-state index contributed by atoms with van der Waals surface area (Å²) in [5, 5.41) is 3.92. The van der Waals surface area contributed by atoms with E-state index in [1.54, 1.807) is 27.7 Å². The van der Waals surface area contributed by atoms with Gasteiger partial charge in [0.25, 0.3) is 0 Å². The number of likely N-dealkylation sites (tertiary alicyclic amines) is 1. The number of amides is 2. The van der Waals surface area contributed by atoms with Crippen LogP contribution < -0.4 is 4.74 Å². The molecule has 2 aromatic heterocycles. The van der Waals surface area contributed by atoms with Crippen LogP contribution in [0.5, 0.6) is 5.88 Å². The molecule has 196 valence electrons. The second-order valence-electron chi connectivity index (χ2n) is 9.47. The van der Waals surface area contributed by atoms with Crippen LogP contribution in [0.2, 0.25) is 0 Å². The number of carbonyl (C=O) groups is 2. The Morgan fingerprint density at radius 2 is 2.00 bits per heavy atom. The molecule has 3 aliphatic rings. The topological polar surface area (TPSA) is 85.5 Å². The van der Waals surface area contributed by atoms with Crippen LogP contribution in [0.1, 0.15) is 58.0 Å². The molecule has 0 N–H and O–H groups in total. The maximum atomic E-state index is 11.9. The molecule has 2 aromatic rings. The molecular weight excluding hydrogens is 456 g/mol. The van der Waals surface area contributed by atoms with Crippen molar-refractivity contribution < 1.29 is 14.3 Å². The molecule has 36 heavy (non-hydrogen) atoms. The number of aryl methyl sites for hydroxylation is 1. The molecule has 5 rings (SSSR count). The zero-order valence-electron chi connectivity index (χ0n) is 22.5. The van der Waals surface area contributed by atoms with Gasteiger partial charge in [0, 0.05) is 68.5 Å². The fourth-order valence-electron chi connectivity index (χ4n) is 4.89. The van der Waals surface area contributed by atoms with Crippen LogP contribution >= 0.6 is 0 Å². The largest absolute Gasteiger partial charge is 0.480 e. The fourth-order valence-corrected chi connectivity index (χ4v) is 4.89. The highest BCUT2D eigenvalue weighted by atomic mass is 16.5. The molecule has 1 saturated heterocycles. The smallest absolute Gasteiger partial charge is 0.246 e. The molecule has 1 unspecified atom stereocenters. The number of rotatable bonds is 7. The minimum absolute atomic E-state index is 0.00493. The van der Waals surface area contributed by atoms with E-state index >= 15 is 0 Å². The molecule has 1 aliphatic heterocycles. The molecule has 2 saturated carbocycles. The van der Waals surface area contributed by atoms with E-state index in [0.717, 1.165) is 43.1 Å². The molecule has 0 aromatic carbocycles. The van der Waals surface area contributed by atoms with E-state index in [2.05, 4.69) is 28.3 Å². The zero-order valence-corrected chi connectivity index (χ0v) is 22.5. The highest BCUT2D eigenvalue weighted by Crippen LogP contribution is 2.75. The predicted octanol–water partition coefficient (Wildman–Crippen LogP) is 3.53. The molecule has 2 amide bonds. The standard InChI is InChI=1S/C20H26N4O2.C5H8N2O.C2H6/c1-4-18(26)23-7-5-6-16(12-23)24(13-25)11-14(2)19-21-10-17(22(19)3)20-8-15(20)9-20;1-7-4-3-5(6-7)8-2;1-2/h4,10-11,13,15-16H,1,5-9,12H2,2-3H3;3-4H,1-2H3;1-2H3/b14-11-;;. The summed E-state index contributed by atoms with van der Waals surface area (Å²) in [6, 6.07) is 1.80. The third-order valence-electron chi connectivity index (χ3n) is 7.20. The summed E-state index contributed by atoms with van der Waals surface area (Å²) in [5.41, 5.74) is 2.70. The lowest BCUT2D eigenvalue weighted by molar-refractivity contribution is -0.129. The highest BCUT2D eigenvalue weighted by molar-refractivity contribution is 5.87. The Bertz CT molecular complexity index is 1090. The summed E-state index contributed by atoms with van der Waals surface area (Å²) in [7, 11) is 5.51. The van der Waals surface area contributed by atoms with E-state index in [9.17, 15) is 9.59 Å². The quantitative estimate of drug-likeness (QED) is 0.432. The first-order chi connectivity index (χ1) is 17.3. The third-order valence-corrected chi connectivity index (χ3v) is 7.20. The molecule has 0 bridgehead atoms. The number of piperidine rings is 1. The van der Waals surface area contributed by atoms with Crippen molar-refractivity contribution in [2.45, 2.75) is 57.9 Å². The molecule has 9 heteroatoms. The Hall–Kier alpha value is -3.36. The maximum Gasteiger partial charge on any atom is 0.246 e. The minimum Gasteiger partial charge on any atom is -0.480 e. The third kappa shape index (κ3) is 5.71. The lowest BCUT2D eigenvalue weighted by atomic mass is 10.0. The highest BCUT2D eigenvalue weighted by Gasteiger charge is 2.71. The first-order valence-corrected chi connectivity index (χ1v) is 12.7. The van der Waals surface area contributed by atoms with Gasteiger partial charge in [-0.25, -0.2) is 4.98 Å². The number of hydrogen-bond donors (Lipinski definition) is 0. The molecule has 9 nitrogen and oxygen atoms in total. The van der Waals surface area contributed by atoms with E-state index in [1.807, 2.05) is 46.4 Å². The summed E-state index contributed by atoms with van der Waals surface area (Å²) in [5.74, 6) is 2.37. The van der Waals surface area contributed by atoms with Gasteiger partial charge in [-0.05, 0) is 44.6 Å². The van der Waals surface area contributed by atoms with Gasteiger partial charge in [0.05, 0.1) is 13.2 Å². The van der Waals surface area contributed by atoms with Crippen molar-refractivity contribution in [1.29, 1.82) is 0 Å². The van der Waals surface area contributed by atoms with Crippen LogP contribution in [0.3, 0.4) is 0 Å². The van der Waals surface area contributed by atoms with E-state index in [1.165, 1.54) is 24.6 Å². The number of imidazole rings is 1. The van der Waals surface area contributed by atoms with Crippen LogP contribution in [-0.4, -0.2) is 67.7 Å². The molecule has 0 radical (unpaired) electrons. The van der Waals surface area contributed by atoms with Gasteiger partial charge in [-0.3, -0.25) is 14.3 Å². The predicted molar refractivity (Wildman–Crippen MR) is 140 cm³/mol. The number of allylic oxidation sites excluding steroid dienone is 1. The van der Waals surface area contributed by atoms with Gasteiger partial charge >= 0.3 is 0 Å². The van der Waals surface area contributed by atoms with Gasteiger partial charge in [-0.2, -0.15) is 0 Å².